The molecule has 2 N–H and O–H groups in total. The van der Waals surface area contributed by atoms with Gasteiger partial charge in [0.1, 0.15) is 18.8 Å². The van der Waals surface area contributed by atoms with Gasteiger partial charge in [-0.05, 0) is 0 Å². The first-order valence-corrected chi connectivity index (χ1v) is 8.51. The minimum Gasteiger partial charge on any atom is -0.370 e. The van der Waals surface area contributed by atoms with Crippen LogP contribution in [0.2, 0.25) is 0 Å². The normalized spacial score (nSPS) is 19.0. The van der Waals surface area contributed by atoms with Gasteiger partial charge in [-0.25, -0.2) is 0 Å². The Labute approximate surface area is 120 Å². The van der Waals surface area contributed by atoms with E-state index in [2.05, 4.69) is 5.32 Å². The summed E-state index contributed by atoms with van der Waals surface area (Å²) in [6.45, 7) is 7.70. The summed E-state index contributed by atoms with van der Waals surface area (Å²) in [7, 11) is -3.96. The van der Waals surface area contributed by atoms with Crippen molar-refractivity contribution in [1.82, 2.24) is 5.32 Å². The molecule has 0 spiro atoms. The third kappa shape index (κ3) is 6.17. The molecule has 118 valence electrons. The molecule has 7 nitrogen and oxygen atoms in total. The topological polar surface area (TPSA) is 92.7 Å². The second kappa shape index (κ2) is 7.35. The summed E-state index contributed by atoms with van der Waals surface area (Å²) < 4.78 is 36.6. The van der Waals surface area contributed by atoms with Crippen molar-refractivity contribution in [3.8, 4) is 0 Å². The summed E-state index contributed by atoms with van der Waals surface area (Å²) in [6.07, 6.45) is 0. The molecule has 0 bridgehead atoms. The highest BCUT2D eigenvalue weighted by atomic mass is 32.2. The molecule has 0 aromatic heterocycles. The average Bonchev–Trinajstić information content (AvgIpc) is 2.37. The van der Waals surface area contributed by atoms with Crippen LogP contribution in [0, 0.1) is 5.92 Å². The molecule has 20 heavy (non-hydrogen) atoms. The van der Waals surface area contributed by atoms with E-state index in [1.54, 1.807) is 0 Å². The Morgan fingerprint density at radius 2 is 1.90 bits per heavy atom. The van der Waals surface area contributed by atoms with E-state index in [9.17, 15) is 13.2 Å². The highest BCUT2D eigenvalue weighted by molar-refractivity contribution is 7.85. The molecule has 0 aliphatic carbocycles. The van der Waals surface area contributed by atoms with Gasteiger partial charge in [-0.15, -0.1) is 0 Å². The summed E-state index contributed by atoms with van der Waals surface area (Å²) >= 11 is 0. The molecular formula is C12H25N2O5S+. The van der Waals surface area contributed by atoms with E-state index in [4.69, 9.17) is 9.29 Å². The maximum atomic E-state index is 11.5. The van der Waals surface area contributed by atoms with Crippen LogP contribution in [-0.4, -0.2) is 75.1 Å². The van der Waals surface area contributed by atoms with Gasteiger partial charge in [0.2, 0.25) is 5.91 Å². The highest BCUT2D eigenvalue weighted by Gasteiger charge is 2.31. The van der Waals surface area contributed by atoms with Crippen molar-refractivity contribution in [3.05, 3.63) is 0 Å². The molecule has 1 aliphatic rings. The van der Waals surface area contributed by atoms with Crippen molar-refractivity contribution in [2.75, 3.05) is 51.7 Å². The number of carbonyl (C=O) groups is 1. The molecule has 8 heteroatoms. The highest BCUT2D eigenvalue weighted by Crippen LogP contribution is 2.11. The monoisotopic (exact) mass is 309 g/mol. The number of carbonyl (C=O) groups excluding carboxylic acids is 1. The second-order valence-corrected chi connectivity index (χ2v) is 7.15. The molecule has 1 rings (SSSR count). The predicted molar refractivity (Wildman–Crippen MR) is 74.8 cm³/mol. The van der Waals surface area contributed by atoms with Crippen LogP contribution in [0.1, 0.15) is 13.8 Å². The predicted octanol–water partition coefficient (Wildman–Crippen LogP) is -0.507. The summed E-state index contributed by atoms with van der Waals surface area (Å²) in [6, 6.07) is 0. The van der Waals surface area contributed by atoms with Crippen molar-refractivity contribution in [1.29, 1.82) is 0 Å². The smallest absolute Gasteiger partial charge is 0.270 e. The molecule has 0 unspecified atom stereocenters. The molecule has 1 amide bonds. The molecule has 0 aromatic carbocycles. The van der Waals surface area contributed by atoms with Gasteiger partial charge < -0.3 is 14.5 Å². The van der Waals surface area contributed by atoms with Crippen molar-refractivity contribution in [3.63, 3.8) is 0 Å². The number of hydrogen-bond donors (Lipinski definition) is 2. The Hall–Kier alpha value is -0.700. The first kappa shape index (κ1) is 17.4. The molecule has 0 aromatic rings. The quantitative estimate of drug-likeness (QED) is 0.488. The van der Waals surface area contributed by atoms with E-state index in [0.29, 0.717) is 50.4 Å². The fraction of sp³-hybridized carbons (Fsp3) is 0.917. The maximum absolute atomic E-state index is 11.5. The third-order valence-corrected chi connectivity index (χ3v) is 4.35. The molecule has 0 atom stereocenters. The van der Waals surface area contributed by atoms with E-state index >= 15 is 0 Å². The number of nitrogens with zero attached hydrogens (tertiary/aromatic N) is 1. The van der Waals surface area contributed by atoms with Crippen LogP contribution >= 0.6 is 0 Å². The number of rotatable bonds is 7. The Kier molecular flexibility index (Phi) is 6.38. The van der Waals surface area contributed by atoms with Crippen LogP contribution in [0.5, 0.6) is 0 Å². The van der Waals surface area contributed by atoms with Gasteiger partial charge >= 0.3 is 0 Å². The average molecular weight is 309 g/mol. The number of hydrogen-bond acceptors (Lipinski definition) is 4. The zero-order valence-electron chi connectivity index (χ0n) is 12.2. The number of quaternary nitrogens is 1. The second-order valence-electron chi connectivity index (χ2n) is 5.58. The summed E-state index contributed by atoms with van der Waals surface area (Å²) in [5.41, 5.74) is 0. The van der Waals surface area contributed by atoms with E-state index < -0.39 is 10.1 Å². The number of ether oxygens (including phenoxy) is 1. The number of amides is 1. The Balaban J connectivity index is 2.53. The summed E-state index contributed by atoms with van der Waals surface area (Å²) in [4.78, 5) is 11.5. The van der Waals surface area contributed by atoms with Gasteiger partial charge in [-0.3, -0.25) is 9.35 Å². The minimum atomic E-state index is -3.96. The summed E-state index contributed by atoms with van der Waals surface area (Å²) in [5, 5.41) is 2.84. The SMILES string of the molecule is CC(C)C(=O)NCC[N+]1(CCS(=O)(=O)O)CCOCC1. The van der Waals surface area contributed by atoms with Gasteiger partial charge in [0.25, 0.3) is 10.1 Å². The van der Waals surface area contributed by atoms with E-state index in [-0.39, 0.29) is 17.6 Å². The summed E-state index contributed by atoms with van der Waals surface area (Å²) in [5.74, 6) is -0.331. The maximum Gasteiger partial charge on any atom is 0.270 e. The third-order valence-electron chi connectivity index (χ3n) is 3.65. The lowest BCUT2D eigenvalue weighted by molar-refractivity contribution is -0.931. The molecule has 1 aliphatic heterocycles. The molecule has 1 heterocycles. The Morgan fingerprint density at radius 3 is 2.40 bits per heavy atom. The van der Waals surface area contributed by atoms with Crippen molar-refractivity contribution in [2.45, 2.75) is 13.8 Å². The zero-order valence-corrected chi connectivity index (χ0v) is 13.0. The van der Waals surface area contributed by atoms with Crippen LogP contribution in [-0.2, 0) is 19.6 Å². The van der Waals surface area contributed by atoms with Crippen molar-refractivity contribution >= 4 is 16.0 Å². The Bertz CT molecular complexity index is 416. The molecule has 0 radical (unpaired) electrons. The number of morpholine rings is 1. The van der Waals surface area contributed by atoms with Crippen molar-refractivity contribution in [2.24, 2.45) is 5.92 Å². The standard InChI is InChI=1S/C12H24N2O5S/c1-11(2)12(15)13-3-4-14(5-8-19-9-6-14)7-10-20(16,17)18/h11H,3-10H2,1-2H3,(H-,13,15,16,17,18)/p+1. The lowest BCUT2D eigenvalue weighted by atomic mass is 10.2. The van der Waals surface area contributed by atoms with Gasteiger partial charge in [-0.2, -0.15) is 8.42 Å². The molecular weight excluding hydrogens is 284 g/mol. The lowest BCUT2D eigenvalue weighted by Crippen LogP contribution is -2.59. The van der Waals surface area contributed by atoms with Crippen LogP contribution < -0.4 is 5.32 Å². The minimum absolute atomic E-state index is 0.00816. The van der Waals surface area contributed by atoms with Gasteiger partial charge in [-0.1, -0.05) is 13.8 Å². The van der Waals surface area contributed by atoms with E-state index in [1.807, 2.05) is 13.8 Å². The van der Waals surface area contributed by atoms with Crippen LogP contribution in [0.25, 0.3) is 0 Å². The zero-order chi connectivity index (χ0) is 15.2. The van der Waals surface area contributed by atoms with Crippen LogP contribution in [0.3, 0.4) is 0 Å². The van der Waals surface area contributed by atoms with Gasteiger partial charge in [0, 0.05) is 5.92 Å². The molecule has 1 saturated heterocycles. The van der Waals surface area contributed by atoms with Gasteiger partial charge in [0.15, 0.2) is 0 Å². The lowest BCUT2D eigenvalue weighted by Gasteiger charge is -2.41. The Morgan fingerprint density at radius 1 is 1.30 bits per heavy atom. The fourth-order valence-electron chi connectivity index (χ4n) is 2.22. The number of nitrogens with one attached hydrogen (secondary N) is 1. The van der Waals surface area contributed by atoms with E-state index in [0.717, 1.165) is 0 Å². The molecule has 0 saturated carbocycles. The molecule has 1 fully saturated rings. The van der Waals surface area contributed by atoms with E-state index in [1.165, 1.54) is 0 Å². The van der Waals surface area contributed by atoms with Crippen LogP contribution in [0.4, 0.5) is 0 Å². The van der Waals surface area contributed by atoms with Crippen LogP contribution in [0.15, 0.2) is 0 Å². The van der Waals surface area contributed by atoms with Crippen molar-refractivity contribution < 1.29 is 27.0 Å². The largest absolute Gasteiger partial charge is 0.370 e. The first-order valence-electron chi connectivity index (χ1n) is 6.90. The fourth-order valence-corrected chi connectivity index (χ4v) is 2.84. The van der Waals surface area contributed by atoms with Gasteiger partial charge in [0.05, 0.1) is 32.8 Å². The first-order chi connectivity index (χ1) is 9.24.